The maximum Gasteiger partial charge on any atom is 0.237 e. The van der Waals surface area contributed by atoms with Gasteiger partial charge < -0.3 is 10.1 Å². The zero-order valence-electron chi connectivity index (χ0n) is 10.6. The number of pyridine rings is 1. The molecule has 1 aromatic heterocycles. The Hall–Kier alpha value is -2.03. The van der Waals surface area contributed by atoms with Gasteiger partial charge in [0, 0.05) is 12.7 Å². The topological polar surface area (TPSA) is 34.1 Å². The first-order valence-electron chi connectivity index (χ1n) is 6.25. The van der Waals surface area contributed by atoms with Gasteiger partial charge in [0.05, 0.1) is 12.3 Å². The van der Waals surface area contributed by atoms with Gasteiger partial charge in [-0.05, 0) is 31.0 Å². The van der Waals surface area contributed by atoms with Crippen molar-refractivity contribution in [2.24, 2.45) is 0 Å². The van der Waals surface area contributed by atoms with Gasteiger partial charge in [-0.15, -0.1) is 0 Å². The van der Waals surface area contributed by atoms with Gasteiger partial charge in [-0.2, -0.15) is 0 Å². The second-order valence-electron chi connectivity index (χ2n) is 3.95. The molecule has 0 aliphatic carbocycles. The molecule has 2 rings (SSSR count). The summed E-state index contributed by atoms with van der Waals surface area (Å²) in [7, 11) is 0. The van der Waals surface area contributed by atoms with Gasteiger partial charge in [0.25, 0.3) is 0 Å². The molecule has 94 valence electrons. The minimum Gasteiger partial charge on any atom is -0.476 e. The van der Waals surface area contributed by atoms with Crippen LogP contribution in [0, 0.1) is 0 Å². The molecule has 3 heteroatoms. The minimum absolute atomic E-state index is 0.629. The van der Waals surface area contributed by atoms with Crippen LogP contribution in [-0.2, 0) is 6.42 Å². The second-order valence-corrected chi connectivity index (χ2v) is 3.95. The van der Waals surface area contributed by atoms with Crippen molar-refractivity contribution in [2.45, 2.75) is 13.3 Å². The first-order chi connectivity index (χ1) is 8.90. The molecule has 0 amide bonds. The monoisotopic (exact) mass is 242 g/mol. The second kappa shape index (κ2) is 6.64. The lowest BCUT2D eigenvalue weighted by Gasteiger charge is -2.10. The number of anilines is 1. The summed E-state index contributed by atoms with van der Waals surface area (Å²) in [5.41, 5.74) is 2.28. The summed E-state index contributed by atoms with van der Waals surface area (Å²) in [4.78, 5) is 4.21. The molecule has 1 aromatic carbocycles. The summed E-state index contributed by atoms with van der Waals surface area (Å²) < 4.78 is 5.47. The summed E-state index contributed by atoms with van der Waals surface area (Å²) in [6.45, 7) is 3.46. The van der Waals surface area contributed by atoms with Crippen molar-refractivity contribution in [2.75, 3.05) is 18.5 Å². The van der Waals surface area contributed by atoms with Gasteiger partial charge in [0.15, 0.2) is 0 Å². The molecule has 0 atom stereocenters. The number of hydrogen-bond donors (Lipinski definition) is 1. The molecule has 0 spiro atoms. The van der Waals surface area contributed by atoms with Crippen molar-refractivity contribution < 1.29 is 4.74 Å². The number of benzene rings is 1. The Labute approximate surface area is 108 Å². The maximum absolute atomic E-state index is 5.47. The molecule has 1 heterocycles. The van der Waals surface area contributed by atoms with Crippen LogP contribution in [-0.4, -0.2) is 18.1 Å². The molecule has 0 fully saturated rings. The Morgan fingerprint density at radius 2 is 1.94 bits per heavy atom. The summed E-state index contributed by atoms with van der Waals surface area (Å²) in [5.74, 6) is 0.674. The first kappa shape index (κ1) is 12.4. The lowest BCUT2D eigenvalue weighted by molar-refractivity contribution is 0.328. The van der Waals surface area contributed by atoms with Crippen LogP contribution < -0.4 is 10.1 Å². The van der Waals surface area contributed by atoms with E-state index in [0.29, 0.717) is 12.5 Å². The fourth-order valence-corrected chi connectivity index (χ4v) is 1.76. The number of aromatic nitrogens is 1. The summed E-state index contributed by atoms with van der Waals surface area (Å²) in [6, 6.07) is 14.3. The van der Waals surface area contributed by atoms with E-state index in [1.807, 2.05) is 25.1 Å². The highest BCUT2D eigenvalue weighted by atomic mass is 16.5. The summed E-state index contributed by atoms with van der Waals surface area (Å²) >= 11 is 0. The minimum atomic E-state index is 0.629. The van der Waals surface area contributed by atoms with Crippen LogP contribution >= 0.6 is 0 Å². The third kappa shape index (κ3) is 3.48. The van der Waals surface area contributed by atoms with Gasteiger partial charge in [-0.25, -0.2) is 4.98 Å². The molecule has 0 aliphatic heterocycles. The Morgan fingerprint density at radius 1 is 1.11 bits per heavy atom. The normalized spacial score (nSPS) is 10.1. The van der Waals surface area contributed by atoms with Crippen molar-refractivity contribution in [3.8, 4) is 5.88 Å². The van der Waals surface area contributed by atoms with E-state index >= 15 is 0 Å². The third-order valence-electron chi connectivity index (χ3n) is 2.62. The van der Waals surface area contributed by atoms with Gasteiger partial charge in [-0.1, -0.05) is 30.3 Å². The van der Waals surface area contributed by atoms with Crippen LogP contribution in [0.15, 0.2) is 48.7 Å². The zero-order valence-corrected chi connectivity index (χ0v) is 10.6. The van der Waals surface area contributed by atoms with Crippen LogP contribution in [0.2, 0.25) is 0 Å². The van der Waals surface area contributed by atoms with E-state index in [4.69, 9.17) is 4.74 Å². The molecular formula is C15H18N2O. The number of hydrogen-bond acceptors (Lipinski definition) is 3. The third-order valence-corrected chi connectivity index (χ3v) is 2.62. The van der Waals surface area contributed by atoms with Crippen molar-refractivity contribution >= 4 is 5.69 Å². The molecule has 3 nitrogen and oxygen atoms in total. The largest absolute Gasteiger partial charge is 0.476 e. The van der Waals surface area contributed by atoms with Crippen LogP contribution in [0.1, 0.15) is 12.5 Å². The highest BCUT2D eigenvalue weighted by Crippen LogP contribution is 2.20. The molecule has 1 N–H and O–H groups in total. The standard InChI is InChI=1S/C15H18N2O/c1-2-18-15-14(9-6-11-17-15)16-12-10-13-7-4-3-5-8-13/h3-9,11,16H,2,10,12H2,1H3. The van der Waals surface area contributed by atoms with Crippen molar-refractivity contribution in [1.82, 2.24) is 4.98 Å². The quantitative estimate of drug-likeness (QED) is 0.845. The fraction of sp³-hybridized carbons (Fsp3) is 0.267. The molecule has 18 heavy (non-hydrogen) atoms. The van der Waals surface area contributed by atoms with Crippen LogP contribution in [0.4, 0.5) is 5.69 Å². The van der Waals surface area contributed by atoms with E-state index < -0.39 is 0 Å². The Bertz CT molecular complexity index is 471. The average molecular weight is 242 g/mol. The maximum atomic E-state index is 5.47. The van der Waals surface area contributed by atoms with Crippen LogP contribution in [0.3, 0.4) is 0 Å². The number of rotatable bonds is 6. The molecule has 0 unspecified atom stereocenters. The van der Waals surface area contributed by atoms with Crippen molar-refractivity contribution in [1.29, 1.82) is 0 Å². The number of nitrogens with zero attached hydrogens (tertiary/aromatic N) is 1. The number of nitrogens with one attached hydrogen (secondary N) is 1. The van der Waals surface area contributed by atoms with E-state index in [1.165, 1.54) is 5.56 Å². The van der Waals surface area contributed by atoms with E-state index in [9.17, 15) is 0 Å². The molecule has 2 aromatic rings. The van der Waals surface area contributed by atoms with Crippen molar-refractivity contribution in [3.63, 3.8) is 0 Å². The number of ether oxygens (including phenoxy) is 1. The molecule has 0 bridgehead atoms. The Kier molecular flexibility index (Phi) is 4.59. The highest BCUT2D eigenvalue weighted by Gasteiger charge is 2.02. The van der Waals surface area contributed by atoms with Gasteiger partial charge in [0.2, 0.25) is 5.88 Å². The Balaban J connectivity index is 1.90. The molecule has 0 saturated carbocycles. The van der Waals surface area contributed by atoms with E-state index in [0.717, 1.165) is 18.7 Å². The molecule has 0 saturated heterocycles. The lowest BCUT2D eigenvalue weighted by Crippen LogP contribution is -2.07. The summed E-state index contributed by atoms with van der Waals surface area (Å²) in [6.07, 6.45) is 2.73. The van der Waals surface area contributed by atoms with E-state index in [-0.39, 0.29) is 0 Å². The molecule has 0 aliphatic rings. The first-order valence-corrected chi connectivity index (χ1v) is 6.25. The Morgan fingerprint density at radius 3 is 2.72 bits per heavy atom. The predicted octanol–water partition coefficient (Wildman–Crippen LogP) is 3.13. The fourth-order valence-electron chi connectivity index (χ4n) is 1.76. The molecule has 0 radical (unpaired) electrons. The SMILES string of the molecule is CCOc1ncccc1NCCc1ccccc1. The smallest absolute Gasteiger partial charge is 0.237 e. The van der Waals surface area contributed by atoms with Gasteiger partial charge in [0.1, 0.15) is 0 Å². The van der Waals surface area contributed by atoms with Crippen LogP contribution in [0.5, 0.6) is 5.88 Å². The van der Waals surface area contributed by atoms with Gasteiger partial charge >= 0.3 is 0 Å². The van der Waals surface area contributed by atoms with E-state index in [2.05, 4.69) is 34.6 Å². The predicted molar refractivity (Wildman–Crippen MR) is 74.0 cm³/mol. The summed E-state index contributed by atoms with van der Waals surface area (Å²) in [5, 5.41) is 3.36. The highest BCUT2D eigenvalue weighted by molar-refractivity contribution is 5.52. The van der Waals surface area contributed by atoms with Gasteiger partial charge in [-0.3, -0.25) is 0 Å². The lowest BCUT2D eigenvalue weighted by atomic mass is 10.1. The van der Waals surface area contributed by atoms with Crippen LogP contribution in [0.25, 0.3) is 0 Å². The van der Waals surface area contributed by atoms with E-state index in [1.54, 1.807) is 6.20 Å². The molecular weight excluding hydrogens is 224 g/mol. The van der Waals surface area contributed by atoms with Crippen molar-refractivity contribution in [3.05, 3.63) is 54.2 Å². The zero-order chi connectivity index (χ0) is 12.6. The average Bonchev–Trinajstić information content (AvgIpc) is 2.42.